The first-order valence-electron chi connectivity index (χ1n) is 6.99. The molecule has 0 unspecified atom stereocenters. The van der Waals surface area contributed by atoms with Crippen LogP contribution in [0, 0.1) is 6.92 Å². The Balaban J connectivity index is 2.77. The van der Waals surface area contributed by atoms with E-state index in [2.05, 4.69) is 36.1 Å². The van der Waals surface area contributed by atoms with E-state index in [-0.39, 0.29) is 0 Å². The number of anilines is 1. The normalized spacial score (nSPS) is 11.1. The Morgan fingerprint density at radius 3 is 2.58 bits per heavy atom. The molecular weight excluding hydrogens is 240 g/mol. The minimum atomic E-state index is 0.406. The van der Waals surface area contributed by atoms with Gasteiger partial charge in [0.25, 0.3) is 0 Å². The van der Waals surface area contributed by atoms with Crippen LogP contribution in [0.1, 0.15) is 43.8 Å². The molecule has 0 atom stereocenters. The molecule has 0 fully saturated rings. The number of rotatable bonds is 8. The lowest BCUT2D eigenvalue weighted by Crippen LogP contribution is -2.17. The number of ether oxygens (including phenoxy) is 1. The lowest BCUT2D eigenvalue weighted by atomic mass is 10.0. The summed E-state index contributed by atoms with van der Waals surface area (Å²) in [7, 11) is 0. The SMILES string of the molecule is CCc1nc(C)nc(NCCOCCN)c1C(C)C. The third kappa shape index (κ3) is 4.76. The highest BCUT2D eigenvalue weighted by atomic mass is 16.5. The number of nitrogens with two attached hydrogens (primary N) is 1. The maximum Gasteiger partial charge on any atom is 0.133 e. The van der Waals surface area contributed by atoms with Crippen molar-refractivity contribution in [3.05, 3.63) is 17.1 Å². The van der Waals surface area contributed by atoms with Crippen LogP contribution >= 0.6 is 0 Å². The van der Waals surface area contributed by atoms with E-state index >= 15 is 0 Å². The van der Waals surface area contributed by atoms with Gasteiger partial charge in [0.2, 0.25) is 0 Å². The molecule has 0 saturated heterocycles. The molecule has 0 aliphatic rings. The molecule has 1 aromatic rings. The van der Waals surface area contributed by atoms with Crippen LogP contribution in [-0.2, 0) is 11.2 Å². The molecular formula is C14H26N4O. The van der Waals surface area contributed by atoms with Gasteiger partial charge in [-0.1, -0.05) is 20.8 Å². The number of aryl methyl sites for hydroxylation is 2. The molecule has 0 bridgehead atoms. The molecule has 0 radical (unpaired) electrons. The van der Waals surface area contributed by atoms with Crippen LogP contribution in [0.25, 0.3) is 0 Å². The van der Waals surface area contributed by atoms with Gasteiger partial charge in [-0.25, -0.2) is 9.97 Å². The van der Waals surface area contributed by atoms with Crippen molar-refractivity contribution in [3.63, 3.8) is 0 Å². The van der Waals surface area contributed by atoms with Gasteiger partial charge in [-0.3, -0.25) is 0 Å². The number of nitrogens with zero attached hydrogens (tertiary/aromatic N) is 2. The fourth-order valence-corrected chi connectivity index (χ4v) is 2.08. The van der Waals surface area contributed by atoms with Gasteiger partial charge >= 0.3 is 0 Å². The van der Waals surface area contributed by atoms with E-state index in [9.17, 15) is 0 Å². The Morgan fingerprint density at radius 2 is 2.00 bits per heavy atom. The van der Waals surface area contributed by atoms with Gasteiger partial charge in [-0.2, -0.15) is 0 Å². The van der Waals surface area contributed by atoms with Crippen LogP contribution in [0.4, 0.5) is 5.82 Å². The molecule has 0 saturated carbocycles. The highest BCUT2D eigenvalue weighted by Crippen LogP contribution is 2.25. The minimum Gasteiger partial charge on any atom is -0.378 e. The molecule has 1 aromatic heterocycles. The Morgan fingerprint density at radius 1 is 1.26 bits per heavy atom. The molecule has 0 spiro atoms. The van der Waals surface area contributed by atoms with Gasteiger partial charge < -0.3 is 15.8 Å². The standard InChI is InChI=1S/C14H26N4O/c1-5-12-13(10(2)3)14(18-11(4)17-12)16-7-9-19-8-6-15/h10H,5-9,15H2,1-4H3,(H,16,17,18). The van der Waals surface area contributed by atoms with E-state index in [0.29, 0.717) is 25.7 Å². The summed E-state index contributed by atoms with van der Waals surface area (Å²) in [4.78, 5) is 9.05. The van der Waals surface area contributed by atoms with Crippen molar-refractivity contribution in [3.8, 4) is 0 Å². The van der Waals surface area contributed by atoms with Gasteiger partial charge in [0.15, 0.2) is 0 Å². The molecule has 19 heavy (non-hydrogen) atoms. The van der Waals surface area contributed by atoms with Crippen molar-refractivity contribution in [2.75, 3.05) is 31.6 Å². The van der Waals surface area contributed by atoms with E-state index < -0.39 is 0 Å². The monoisotopic (exact) mass is 266 g/mol. The second kappa shape index (κ2) is 8.07. The van der Waals surface area contributed by atoms with Crippen molar-refractivity contribution in [2.24, 2.45) is 5.73 Å². The summed E-state index contributed by atoms with van der Waals surface area (Å²) >= 11 is 0. The summed E-state index contributed by atoms with van der Waals surface area (Å²) in [6.07, 6.45) is 0.926. The topological polar surface area (TPSA) is 73.1 Å². The summed E-state index contributed by atoms with van der Waals surface area (Å²) in [5.41, 5.74) is 7.72. The first-order valence-corrected chi connectivity index (χ1v) is 6.99. The first-order chi connectivity index (χ1) is 9.10. The van der Waals surface area contributed by atoms with E-state index in [1.54, 1.807) is 0 Å². The van der Waals surface area contributed by atoms with E-state index in [1.807, 2.05) is 6.92 Å². The summed E-state index contributed by atoms with van der Waals surface area (Å²) in [6.45, 7) is 10.9. The molecule has 0 aliphatic carbocycles. The van der Waals surface area contributed by atoms with Crippen molar-refractivity contribution >= 4 is 5.82 Å². The molecule has 108 valence electrons. The van der Waals surface area contributed by atoms with Gasteiger partial charge in [0, 0.05) is 24.3 Å². The predicted molar refractivity (Wildman–Crippen MR) is 78.6 cm³/mol. The number of hydrogen-bond donors (Lipinski definition) is 2. The Labute approximate surface area is 116 Å². The predicted octanol–water partition coefficient (Wildman–Crippen LogP) is 1.86. The summed E-state index contributed by atoms with van der Waals surface area (Å²) in [6, 6.07) is 0. The highest BCUT2D eigenvalue weighted by molar-refractivity contribution is 5.48. The maximum atomic E-state index is 5.38. The van der Waals surface area contributed by atoms with Crippen molar-refractivity contribution in [2.45, 2.75) is 40.0 Å². The quantitative estimate of drug-likeness (QED) is 0.703. The summed E-state index contributed by atoms with van der Waals surface area (Å²) < 4.78 is 5.36. The first kappa shape index (κ1) is 15.9. The molecule has 1 rings (SSSR count). The van der Waals surface area contributed by atoms with Gasteiger partial charge in [-0.05, 0) is 19.3 Å². The van der Waals surface area contributed by atoms with Crippen LogP contribution in [0.3, 0.4) is 0 Å². The van der Waals surface area contributed by atoms with E-state index in [0.717, 1.165) is 30.3 Å². The van der Waals surface area contributed by atoms with Gasteiger partial charge in [-0.15, -0.1) is 0 Å². The third-order valence-electron chi connectivity index (χ3n) is 2.85. The van der Waals surface area contributed by atoms with Crippen LogP contribution in [-0.4, -0.2) is 36.3 Å². The minimum absolute atomic E-state index is 0.406. The lowest BCUT2D eigenvalue weighted by Gasteiger charge is -2.17. The number of hydrogen-bond acceptors (Lipinski definition) is 5. The number of aromatic nitrogens is 2. The second-order valence-electron chi connectivity index (χ2n) is 4.82. The molecule has 3 N–H and O–H groups in total. The maximum absolute atomic E-state index is 5.38. The molecule has 0 amide bonds. The van der Waals surface area contributed by atoms with Crippen molar-refractivity contribution in [1.29, 1.82) is 0 Å². The van der Waals surface area contributed by atoms with E-state index in [4.69, 9.17) is 10.5 Å². The van der Waals surface area contributed by atoms with E-state index in [1.165, 1.54) is 5.56 Å². The summed E-state index contributed by atoms with van der Waals surface area (Å²) in [5.74, 6) is 2.16. The molecule has 5 nitrogen and oxygen atoms in total. The zero-order valence-electron chi connectivity index (χ0n) is 12.5. The zero-order chi connectivity index (χ0) is 14.3. The van der Waals surface area contributed by atoms with Gasteiger partial charge in [0.1, 0.15) is 11.6 Å². The summed E-state index contributed by atoms with van der Waals surface area (Å²) in [5, 5.41) is 3.35. The van der Waals surface area contributed by atoms with Crippen molar-refractivity contribution in [1.82, 2.24) is 9.97 Å². The lowest BCUT2D eigenvalue weighted by molar-refractivity contribution is 0.151. The van der Waals surface area contributed by atoms with Crippen LogP contribution in [0.15, 0.2) is 0 Å². The fraction of sp³-hybridized carbons (Fsp3) is 0.714. The average Bonchev–Trinajstić information content (AvgIpc) is 2.37. The van der Waals surface area contributed by atoms with Crippen LogP contribution < -0.4 is 11.1 Å². The fourth-order valence-electron chi connectivity index (χ4n) is 2.08. The van der Waals surface area contributed by atoms with Crippen LogP contribution in [0.5, 0.6) is 0 Å². The zero-order valence-corrected chi connectivity index (χ0v) is 12.5. The molecule has 5 heteroatoms. The molecule has 1 heterocycles. The smallest absolute Gasteiger partial charge is 0.133 e. The molecule has 0 aromatic carbocycles. The third-order valence-corrected chi connectivity index (χ3v) is 2.85. The Hall–Kier alpha value is -1.20. The van der Waals surface area contributed by atoms with Crippen LogP contribution in [0.2, 0.25) is 0 Å². The van der Waals surface area contributed by atoms with Crippen molar-refractivity contribution < 1.29 is 4.74 Å². The highest BCUT2D eigenvalue weighted by Gasteiger charge is 2.14. The molecule has 0 aliphatic heterocycles. The Kier molecular flexibility index (Phi) is 6.73. The Bertz CT molecular complexity index is 393. The number of nitrogens with one attached hydrogen (secondary N) is 1. The second-order valence-corrected chi connectivity index (χ2v) is 4.82. The average molecular weight is 266 g/mol. The van der Waals surface area contributed by atoms with Gasteiger partial charge in [0.05, 0.1) is 13.2 Å². The largest absolute Gasteiger partial charge is 0.378 e.